The summed E-state index contributed by atoms with van der Waals surface area (Å²) in [5, 5.41) is 11.5. The molecule has 1 heterocycles. The lowest BCUT2D eigenvalue weighted by molar-refractivity contribution is 0.0955. The van der Waals surface area contributed by atoms with Crippen molar-refractivity contribution in [1.29, 1.82) is 0 Å². The summed E-state index contributed by atoms with van der Waals surface area (Å²) in [4.78, 5) is 21.1. The Morgan fingerprint density at radius 1 is 1.27 bits per heavy atom. The van der Waals surface area contributed by atoms with Crippen molar-refractivity contribution in [2.24, 2.45) is 0 Å². The van der Waals surface area contributed by atoms with Gasteiger partial charge < -0.3 is 15.0 Å². The fraction of sp³-hybridized carbons (Fsp3) is 0.375. The van der Waals surface area contributed by atoms with Crippen LogP contribution in [-0.2, 0) is 5.60 Å². The third-order valence-electron chi connectivity index (χ3n) is 3.73. The van der Waals surface area contributed by atoms with Gasteiger partial charge in [-0.15, -0.1) is 0 Å². The summed E-state index contributed by atoms with van der Waals surface area (Å²) in [5.74, 6) is 0. The molecule has 0 saturated heterocycles. The van der Waals surface area contributed by atoms with E-state index >= 15 is 0 Å². The second-order valence-electron chi connectivity index (χ2n) is 5.56. The summed E-state index contributed by atoms with van der Waals surface area (Å²) in [6, 6.07) is 7.58. The largest absolute Gasteiger partial charge is 0.379 e. The van der Waals surface area contributed by atoms with Crippen LogP contribution in [0.25, 0.3) is 0 Å². The van der Waals surface area contributed by atoms with Crippen molar-refractivity contribution in [3.05, 3.63) is 51.4 Å². The zero-order chi connectivity index (χ0) is 16.5. The number of benzene rings is 1. The summed E-state index contributed by atoms with van der Waals surface area (Å²) >= 11 is 1.34. The van der Waals surface area contributed by atoms with Gasteiger partial charge in [-0.2, -0.15) is 0 Å². The van der Waals surface area contributed by atoms with Crippen LogP contribution in [0, 0.1) is 6.92 Å². The molecule has 0 aliphatic rings. The lowest BCUT2D eigenvalue weighted by Gasteiger charge is -2.25. The number of aromatic amines is 1. The van der Waals surface area contributed by atoms with Gasteiger partial charge in [-0.25, -0.2) is 4.98 Å². The van der Waals surface area contributed by atoms with E-state index in [2.05, 4.69) is 9.97 Å². The lowest BCUT2D eigenvalue weighted by atomic mass is 9.90. The predicted octanol–water partition coefficient (Wildman–Crippen LogP) is 2.12. The maximum atomic E-state index is 12.0. The van der Waals surface area contributed by atoms with Gasteiger partial charge in [0, 0.05) is 25.3 Å². The van der Waals surface area contributed by atoms with Gasteiger partial charge in [0.2, 0.25) is 0 Å². The Kier molecular flexibility index (Phi) is 4.63. The van der Waals surface area contributed by atoms with E-state index in [4.69, 9.17) is 0 Å². The molecule has 6 heteroatoms. The minimum absolute atomic E-state index is 0.223. The first-order chi connectivity index (χ1) is 10.3. The first kappa shape index (κ1) is 16.6. The average Bonchev–Trinajstić information content (AvgIpc) is 2.49. The Morgan fingerprint density at radius 3 is 2.36 bits per heavy atom. The van der Waals surface area contributed by atoms with Gasteiger partial charge in [0.1, 0.15) is 5.60 Å². The molecule has 0 aliphatic carbocycles. The molecule has 22 heavy (non-hydrogen) atoms. The lowest BCUT2D eigenvalue weighted by Crippen LogP contribution is -2.30. The SMILES string of the molecule is CSc1nc(C(C)(O)c2ccc(N(C)C)cc2)c(C)c(=O)[nH]1. The monoisotopic (exact) mass is 319 g/mol. The van der Waals surface area contributed by atoms with Gasteiger partial charge in [0.15, 0.2) is 5.16 Å². The van der Waals surface area contributed by atoms with E-state index in [0.717, 1.165) is 5.69 Å². The molecule has 0 amide bonds. The van der Waals surface area contributed by atoms with Crippen LogP contribution in [0.1, 0.15) is 23.7 Å². The number of nitrogens with one attached hydrogen (secondary N) is 1. The number of hydrogen-bond donors (Lipinski definition) is 2. The van der Waals surface area contributed by atoms with E-state index in [0.29, 0.717) is 22.0 Å². The van der Waals surface area contributed by atoms with Crippen molar-refractivity contribution in [3.63, 3.8) is 0 Å². The van der Waals surface area contributed by atoms with Gasteiger partial charge in [-0.05, 0) is 37.8 Å². The van der Waals surface area contributed by atoms with E-state index < -0.39 is 5.60 Å². The van der Waals surface area contributed by atoms with E-state index in [9.17, 15) is 9.90 Å². The minimum atomic E-state index is -1.33. The first-order valence-electron chi connectivity index (χ1n) is 6.93. The van der Waals surface area contributed by atoms with Crippen LogP contribution in [0.3, 0.4) is 0 Å². The number of anilines is 1. The van der Waals surface area contributed by atoms with Crippen LogP contribution in [0.15, 0.2) is 34.2 Å². The molecule has 0 saturated carbocycles. The Labute approximate surface area is 134 Å². The minimum Gasteiger partial charge on any atom is -0.379 e. The quantitative estimate of drug-likeness (QED) is 0.667. The zero-order valence-corrected chi connectivity index (χ0v) is 14.3. The van der Waals surface area contributed by atoms with Gasteiger partial charge in [0.25, 0.3) is 5.56 Å². The van der Waals surface area contributed by atoms with Crippen LogP contribution in [0.4, 0.5) is 5.69 Å². The highest BCUT2D eigenvalue weighted by Gasteiger charge is 2.30. The van der Waals surface area contributed by atoms with Crippen LogP contribution >= 0.6 is 11.8 Å². The zero-order valence-electron chi connectivity index (χ0n) is 13.5. The molecule has 0 bridgehead atoms. The fourth-order valence-corrected chi connectivity index (χ4v) is 2.68. The van der Waals surface area contributed by atoms with E-state index in [1.54, 1.807) is 13.8 Å². The van der Waals surface area contributed by atoms with Crippen molar-refractivity contribution in [1.82, 2.24) is 9.97 Å². The molecule has 0 aliphatic heterocycles. The Bertz CT molecular complexity index is 721. The predicted molar refractivity (Wildman–Crippen MR) is 90.8 cm³/mol. The topological polar surface area (TPSA) is 69.2 Å². The Balaban J connectivity index is 2.54. The molecule has 1 atom stereocenters. The van der Waals surface area contributed by atoms with Crippen LogP contribution in [0.2, 0.25) is 0 Å². The fourth-order valence-electron chi connectivity index (χ4n) is 2.30. The summed E-state index contributed by atoms with van der Waals surface area (Å²) in [5.41, 5.74) is 1.01. The first-order valence-corrected chi connectivity index (χ1v) is 8.15. The van der Waals surface area contributed by atoms with E-state index in [1.807, 2.05) is 49.5 Å². The molecule has 1 aromatic heterocycles. The van der Waals surface area contributed by atoms with Crippen molar-refractivity contribution in [3.8, 4) is 0 Å². The molecule has 0 spiro atoms. The molecular weight excluding hydrogens is 298 g/mol. The van der Waals surface area contributed by atoms with E-state index in [-0.39, 0.29) is 5.56 Å². The van der Waals surface area contributed by atoms with Gasteiger partial charge in [-0.1, -0.05) is 23.9 Å². The highest BCUT2D eigenvalue weighted by Crippen LogP contribution is 2.30. The van der Waals surface area contributed by atoms with Crippen molar-refractivity contribution in [2.75, 3.05) is 25.3 Å². The molecule has 5 nitrogen and oxygen atoms in total. The van der Waals surface area contributed by atoms with Gasteiger partial charge >= 0.3 is 0 Å². The number of H-pyrrole nitrogens is 1. The Hall–Kier alpha value is -1.79. The van der Waals surface area contributed by atoms with Crippen molar-refractivity contribution < 1.29 is 5.11 Å². The van der Waals surface area contributed by atoms with Crippen LogP contribution in [-0.4, -0.2) is 35.4 Å². The van der Waals surface area contributed by atoms with Gasteiger partial charge in [-0.3, -0.25) is 4.79 Å². The average molecular weight is 319 g/mol. The number of aliphatic hydroxyl groups is 1. The number of hydrogen-bond acceptors (Lipinski definition) is 5. The number of nitrogens with zero attached hydrogens (tertiary/aromatic N) is 2. The molecule has 1 unspecified atom stereocenters. The van der Waals surface area contributed by atoms with Crippen LogP contribution in [0.5, 0.6) is 0 Å². The second-order valence-corrected chi connectivity index (χ2v) is 6.36. The Morgan fingerprint density at radius 2 is 1.86 bits per heavy atom. The number of thioether (sulfide) groups is 1. The smallest absolute Gasteiger partial charge is 0.254 e. The third kappa shape index (κ3) is 3.03. The highest BCUT2D eigenvalue weighted by atomic mass is 32.2. The van der Waals surface area contributed by atoms with Crippen molar-refractivity contribution in [2.45, 2.75) is 24.6 Å². The maximum absolute atomic E-state index is 12.0. The maximum Gasteiger partial charge on any atom is 0.254 e. The standard InChI is InChI=1S/C16H21N3O2S/c1-10-13(17-15(22-5)18-14(10)20)16(2,21)11-6-8-12(9-7-11)19(3)4/h6-9,21H,1-5H3,(H,17,18,20). The van der Waals surface area contributed by atoms with E-state index in [1.165, 1.54) is 11.8 Å². The molecule has 2 rings (SSSR count). The summed E-state index contributed by atoms with van der Waals surface area (Å²) < 4.78 is 0. The highest BCUT2D eigenvalue weighted by molar-refractivity contribution is 7.98. The molecule has 2 aromatic rings. The number of aromatic nitrogens is 2. The summed E-state index contributed by atoms with van der Waals surface area (Å²) in [7, 11) is 3.92. The molecular formula is C16H21N3O2S. The number of rotatable bonds is 4. The molecule has 2 N–H and O–H groups in total. The van der Waals surface area contributed by atoms with Gasteiger partial charge in [0.05, 0.1) is 5.69 Å². The van der Waals surface area contributed by atoms with Crippen LogP contribution < -0.4 is 10.5 Å². The molecule has 0 fully saturated rings. The second kappa shape index (κ2) is 6.14. The third-order valence-corrected chi connectivity index (χ3v) is 4.31. The normalized spacial score (nSPS) is 13.7. The van der Waals surface area contributed by atoms with Crippen molar-refractivity contribution >= 4 is 17.4 Å². The molecule has 0 radical (unpaired) electrons. The summed E-state index contributed by atoms with van der Waals surface area (Å²) in [6.07, 6.45) is 1.83. The summed E-state index contributed by atoms with van der Waals surface area (Å²) in [6.45, 7) is 3.34. The molecule has 118 valence electrons. The molecule has 1 aromatic carbocycles.